The van der Waals surface area contributed by atoms with Crippen LogP contribution >= 0.6 is 11.8 Å². The van der Waals surface area contributed by atoms with Crippen LogP contribution in [0.1, 0.15) is 40.7 Å². The van der Waals surface area contributed by atoms with Crippen LogP contribution in [0.2, 0.25) is 0 Å². The molecule has 1 amide bonds. The minimum Gasteiger partial charge on any atom is -0.465 e. The average molecular weight is 291 g/mol. The summed E-state index contributed by atoms with van der Waals surface area (Å²) in [4.78, 5) is 25.8. The third-order valence-electron chi connectivity index (χ3n) is 4.03. The van der Waals surface area contributed by atoms with Crippen LogP contribution in [0, 0.1) is 6.92 Å². The van der Waals surface area contributed by atoms with E-state index in [1.165, 1.54) is 7.11 Å². The average Bonchev–Trinajstić information content (AvgIpc) is 2.79. The lowest BCUT2D eigenvalue weighted by atomic mass is 9.87. The van der Waals surface area contributed by atoms with E-state index in [-0.39, 0.29) is 17.3 Å². The Balaban J connectivity index is 2.15. The molecular formula is C15H17NO3S. The van der Waals surface area contributed by atoms with Crippen molar-refractivity contribution in [2.75, 3.05) is 17.8 Å². The van der Waals surface area contributed by atoms with Crippen molar-refractivity contribution < 1.29 is 14.3 Å². The number of benzene rings is 1. The molecule has 20 heavy (non-hydrogen) atoms. The maximum atomic E-state index is 12.1. The number of anilines is 1. The summed E-state index contributed by atoms with van der Waals surface area (Å²) in [6.45, 7) is 4.11. The van der Waals surface area contributed by atoms with E-state index < -0.39 is 0 Å². The Morgan fingerprint density at radius 2 is 2.20 bits per heavy atom. The molecule has 1 aromatic rings. The third-order valence-corrected chi connectivity index (χ3v) is 5.24. The Kier molecular flexibility index (Phi) is 3.24. The molecular weight excluding hydrogens is 274 g/mol. The predicted octanol–water partition coefficient (Wildman–Crippen LogP) is 2.69. The largest absolute Gasteiger partial charge is 0.465 e. The van der Waals surface area contributed by atoms with Crippen LogP contribution in [0.15, 0.2) is 12.1 Å². The monoisotopic (exact) mass is 291 g/mol. The molecule has 2 aliphatic heterocycles. The zero-order valence-corrected chi connectivity index (χ0v) is 12.6. The summed E-state index contributed by atoms with van der Waals surface area (Å²) < 4.78 is 4.80. The van der Waals surface area contributed by atoms with E-state index in [4.69, 9.17) is 4.74 Å². The summed E-state index contributed by atoms with van der Waals surface area (Å²) in [5, 5.41) is 0.243. The minimum absolute atomic E-state index is 0.169. The molecule has 2 unspecified atom stereocenters. The number of methoxy groups -OCH3 is 1. The standard InChI is InChI=1S/C15H17NO3S/c1-8-5-13-16(12(17)7-20-13)14-9(2)4-10(6-11(8)14)15(18)19-3/h4,6,8,13H,5,7H2,1-3H3. The molecule has 5 heteroatoms. The van der Waals surface area contributed by atoms with E-state index in [0.29, 0.717) is 17.2 Å². The fraction of sp³-hybridized carbons (Fsp3) is 0.467. The van der Waals surface area contributed by atoms with Gasteiger partial charge in [-0.05, 0) is 42.5 Å². The molecule has 2 aliphatic rings. The first-order chi connectivity index (χ1) is 9.52. The van der Waals surface area contributed by atoms with Gasteiger partial charge >= 0.3 is 5.97 Å². The molecule has 0 aliphatic carbocycles. The Bertz CT molecular complexity index is 599. The van der Waals surface area contributed by atoms with Gasteiger partial charge in [0.25, 0.3) is 0 Å². The maximum Gasteiger partial charge on any atom is 0.337 e. The van der Waals surface area contributed by atoms with E-state index in [1.54, 1.807) is 11.8 Å². The first kappa shape index (κ1) is 13.5. The molecule has 3 rings (SSSR count). The number of carbonyl (C=O) groups excluding carboxylic acids is 2. The van der Waals surface area contributed by atoms with Gasteiger partial charge in [-0.3, -0.25) is 9.69 Å². The second-order valence-corrected chi connectivity index (χ2v) is 6.55. The van der Waals surface area contributed by atoms with Gasteiger partial charge in [0.2, 0.25) is 5.91 Å². The first-order valence-corrected chi connectivity index (χ1v) is 7.74. The molecule has 2 heterocycles. The van der Waals surface area contributed by atoms with Crippen LogP contribution in [0.3, 0.4) is 0 Å². The molecule has 1 fully saturated rings. The van der Waals surface area contributed by atoms with Gasteiger partial charge in [-0.15, -0.1) is 11.8 Å². The lowest BCUT2D eigenvalue weighted by molar-refractivity contribution is -0.115. The lowest BCUT2D eigenvalue weighted by Crippen LogP contribution is -2.38. The molecule has 0 radical (unpaired) electrons. The summed E-state index contributed by atoms with van der Waals surface area (Å²) in [7, 11) is 1.39. The number of hydrogen-bond acceptors (Lipinski definition) is 4. The first-order valence-electron chi connectivity index (χ1n) is 6.69. The quantitative estimate of drug-likeness (QED) is 0.746. The van der Waals surface area contributed by atoms with Crippen molar-refractivity contribution in [1.29, 1.82) is 0 Å². The van der Waals surface area contributed by atoms with Crippen molar-refractivity contribution >= 4 is 29.3 Å². The maximum absolute atomic E-state index is 12.1. The highest BCUT2D eigenvalue weighted by molar-refractivity contribution is 8.01. The topological polar surface area (TPSA) is 46.6 Å². The summed E-state index contributed by atoms with van der Waals surface area (Å²) in [5.41, 5.74) is 3.61. The van der Waals surface area contributed by atoms with Gasteiger partial charge in [0.1, 0.15) is 0 Å². The molecule has 106 valence electrons. The Morgan fingerprint density at radius 1 is 1.45 bits per heavy atom. The van der Waals surface area contributed by atoms with Crippen molar-refractivity contribution in [1.82, 2.24) is 0 Å². The van der Waals surface area contributed by atoms with E-state index in [0.717, 1.165) is 23.2 Å². The number of hydrogen-bond donors (Lipinski definition) is 0. The smallest absolute Gasteiger partial charge is 0.337 e. The Morgan fingerprint density at radius 3 is 2.90 bits per heavy atom. The zero-order chi connectivity index (χ0) is 14.4. The lowest BCUT2D eigenvalue weighted by Gasteiger charge is -2.36. The number of rotatable bonds is 1. The van der Waals surface area contributed by atoms with Crippen LogP contribution < -0.4 is 4.90 Å². The molecule has 0 spiro atoms. The highest BCUT2D eigenvalue weighted by Crippen LogP contribution is 2.46. The number of thioether (sulfide) groups is 1. The summed E-state index contributed by atoms with van der Waals surface area (Å²) >= 11 is 1.71. The van der Waals surface area contributed by atoms with E-state index >= 15 is 0 Å². The minimum atomic E-state index is -0.327. The molecule has 1 saturated heterocycles. The SMILES string of the molecule is COC(=O)c1cc(C)c2c(c1)C(C)CC1SCC(=O)N21. The molecule has 0 N–H and O–H groups in total. The highest BCUT2D eigenvalue weighted by atomic mass is 32.2. The van der Waals surface area contributed by atoms with Gasteiger partial charge < -0.3 is 4.74 Å². The fourth-order valence-corrected chi connectivity index (χ4v) is 4.36. The Labute approximate surface area is 122 Å². The molecule has 0 aromatic heterocycles. The number of ether oxygens (including phenoxy) is 1. The second-order valence-electron chi connectivity index (χ2n) is 5.39. The molecule has 0 saturated carbocycles. The van der Waals surface area contributed by atoms with Crippen LogP contribution in [-0.4, -0.2) is 30.1 Å². The van der Waals surface area contributed by atoms with E-state index in [1.807, 2.05) is 24.0 Å². The third kappa shape index (κ3) is 1.92. The number of amides is 1. The molecule has 4 nitrogen and oxygen atoms in total. The van der Waals surface area contributed by atoms with Gasteiger partial charge in [-0.2, -0.15) is 0 Å². The predicted molar refractivity (Wildman–Crippen MR) is 79.3 cm³/mol. The number of carbonyl (C=O) groups is 2. The van der Waals surface area contributed by atoms with Gasteiger partial charge in [-0.25, -0.2) is 4.79 Å². The molecule has 1 aromatic carbocycles. The fourth-order valence-electron chi connectivity index (χ4n) is 3.09. The van der Waals surface area contributed by atoms with Gasteiger partial charge in [-0.1, -0.05) is 6.92 Å². The summed E-state index contributed by atoms with van der Waals surface area (Å²) in [5.74, 6) is 0.733. The van der Waals surface area contributed by atoms with Crippen LogP contribution in [-0.2, 0) is 9.53 Å². The molecule has 2 atom stereocenters. The van der Waals surface area contributed by atoms with Crippen LogP contribution in [0.5, 0.6) is 0 Å². The van der Waals surface area contributed by atoms with E-state index in [2.05, 4.69) is 6.92 Å². The number of aryl methyl sites for hydroxylation is 1. The second kappa shape index (κ2) is 4.81. The Hall–Kier alpha value is -1.49. The van der Waals surface area contributed by atoms with Crippen molar-refractivity contribution in [2.24, 2.45) is 0 Å². The number of nitrogens with zero attached hydrogens (tertiary/aromatic N) is 1. The van der Waals surface area contributed by atoms with Crippen molar-refractivity contribution in [3.8, 4) is 0 Å². The summed E-state index contributed by atoms with van der Waals surface area (Å²) in [6.07, 6.45) is 0.938. The van der Waals surface area contributed by atoms with Crippen LogP contribution in [0.4, 0.5) is 5.69 Å². The van der Waals surface area contributed by atoms with Crippen molar-refractivity contribution in [3.05, 3.63) is 28.8 Å². The van der Waals surface area contributed by atoms with Gasteiger partial charge in [0, 0.05) is 0 Å². The van der Waals surface area contributed by atoms with E-state index in [9.17, 15) is 9.59 Å². The highest BCUT2D eigenvalue weighted by Gasteiger charge is 2.40. The van der Waals surface area contributed by atoms with Crippen molar-refractivity contribution in [2.45, 2.75) is 31.6 Å². The van der Waals surface area contributed by atoms with Crippen molar-refractivity contribution in [3.63, 3.8) is 0 Å². The molecule has 0 bridgehead atoms. The normalized spacial score (nSPS) is 24.4. The number of esters is 1. The van der Waals surface area contributed by atoms with Gasteiger partial charge in [0.05, 0.1) is 29.5 Å². The zero-order valence-electron chi connectivity index (χ0n) is 11.8. The number of fused-ring (bicyclic) bond motifs is 3. The van der Waals surface area contributed by atoms with Crippen LogP contribution in [0.25, 0.3) is 0 Å². The van der Waals surface area contributed by atoms with Gasteiger partial charge in [0.15, 0.2) is 0 Å². The summed E-state index contributed by atoms with van der Waals surface area (Å²) in [6, 6.07) is 3.70.